The molecule has 3 rings (SSSR count). The van der Waals surface area contributed by atoms with Crippen molar-refractivity contribution in [1.29, 1.82) is 0 Å². The lowest BCUT2D eigenvalue weighted by molar-refractivity contribution is -0.137. The van der Waals surface area contributed by atoms with Gasteiger partial charge in [0, 0.05) is 19.8 Å². The Morgan fingerprint density at radius 1 is 1.14 bits per heavy atom. The van der Waals surface area contributed by atoms with Gasteiger partial charge in [-0.2, -0.15) is 13.2 Å². The summed E-state index contributed by atoms with van der Waals surface area (Å²) in [5, 5.41) is 7.17. The van der Waals surface area contributed by atoms with Crippen LogP contribution in [0.2, 0.25) is 0 Å². The van der Waals surface area contributed by atoms with E-state index in [1.807, 2.05) is 26.0 Å². The highest BCUT2D eigenvalue weighted by Gasteiger charge is 2.29. The summed E-state index contributed by atoms with van der Waals surface area (Å²) in [6, 6.07) is 10.4. The van der Waals surface area contributed by atoms with E-state index in [1.54, 1.807) is 6.07 Å². The van der Waals surface area contributed by atoms with E-state index in [-0.39, 0.29) is 19.1 Å². The van der Waals surface area contributed by atoms with E-state index in [1.165, 1.54) is 12.1 Å². The number of hydrogen-bond donors (Lipinski definition) is 1. The van der Waals surface area contributed by atoms with Crippen molar-refractivity contribution in [2.24, 2.45) is 11.1 Å². The van der Waals surface area contributed by atoms with Crippen molar-refractivity contribution in [2.45, 2.75) is 52.3 Å². The minimum Gasteiger partial charge on any atom is -0.484 e. The van der Waals surface area contributed by atoms with Gasteiger partial charge in [-0.1, -0.05) is 30.6 Å². The maximum atomic E-state index is 12.7. The largest absolute Gasteiger partial charge is 0.484 e. The fourth-order valence-electron chi connectivity index (χ4n) is 3.85. The Balaban J connectivity index is 1.53. The van der Waals surface area contributed by atoms with Crippen LogP contribution in [-0.2, 0) is 27.2 Å². The van der Waals surface area contributed by atoms with Crippen LogP contribution in [0.5, 0.6) is 5.75 Å². The lowest BCUT2D eigenvalue weighted by Crippen LogP contribution is -2.35. The molecule has 1 aliphatic rings. The third kappa shape index (κ3) is 8.55. The van der Waals surface area contributed by atoms with Crippen molar-refractivity contribution < 1.29 is 32.3 Å². The highest BCUT2D eigenvalue weighted by Crippen LogP contribution is 2.29. The van der Waals surface area contributed by atoms with Gasteiger partial charge >= 0.3 is 6.18 Å². The van der Waals surface area contributed by atoms with Crippen LogP contribution in [0.25, 0.3) is 0 Å². The van der Waals surface area contributed by atoms with Crippen LogP contribution < -0.4 is 10.1 Å². The molecule has 1 N–H and O–H groups in total. The number of halogens is 3. The van der Waals surface area contributed by atoms with E-state index in [0.717, 1.165) is 61.4 Å². The number of hydrogen-bond acceptors (Lipinski definition) is 5. The predicted molar refractivity (Wildman–Crippen MR) is 131 cm³/mol. The number of alkyl halides is 3. The second kappa shape index (κ2) is 13.3. The second-order valence-electron chi connectivity index (χ2n) is 8.88. The summed E-state index contributed by atoms with van der Waals surface area (Å²) in [5.41, 5.74) is 2.34. The molecule has 196 valence electrons. The molecule has 6 nitrogen and oxygen atoms in total. The van der Waals surface area contributed by atoms with E-state index in [0.29, 0.717) is 30.2 Å². The molecule has 0 bridgehead atoms. The monoisotopic (exact) mass is 506 g/mol. The van der Waals surface area contributed by atoms with Crippen molar-refractivity contribution in [3.8, 4) is 5.75 Å². The summed E-state index contributed by atoms with van der Waals surface area (Å²) in [7, 11) is 0. The summed E-state index contributed by atoms with van der Waals surface area (Å²) in [6.07, 6.45) is -0.947. The number of rotatable bonds is 11. The molecular weight excluding hydrogens is 473 g/mol. The van der Waals surface area contributed by atoms with Crippen LogP contribution in [0.3, 0.4) is 0 Å². The zero-order chi connectivity index (χ0) is 26.0. The molecule has 0 aliphatic carbocycles. The highest BCUT2D eigenvalue weighted by atomic mass is 19.4. The Bertz CT molecular complexity index is 1020. The van der Waals surface area contributed by atoms with Gasteiger partial charge < -0.3 is 19.6 Å². The molecule has 1 amide bonds. The molecule has 0 spiro atoms. The molecule has 0 atom stereocenters. The smallest absolute Gasteiger partial charge is 0.416 e. The lowest BCUT2D eigenvalue weighted by Gasteiger charge is -2.22. The van der Waals surface area contributed by atoms with E-state index in [9.17, 15) is 18.0 Å². The number of benzene rings is 2. The fourth-order valence-corrected chi connectivity index (χ4v) is 3.85. The first kappa shape index (κ1) is 27.5. The Labute approximate surface area is 209 Å². The van der Waals surface area contributed by atoms with E-state index in [4.69, 9.17) is 14.3 Å². The quantitative estimate of drug-likeness (QED) is 0.316. The van der Waals surface area contributed by atoms with Crippen LogP contribution in [0.1, 0.15) is 54.9 Å². The molecule has 0 saturated carbocycles. The number of amides is 1. The topological polar surface area (TPSA) is 69.2 Å². The maximum absolute atomic E-state index is 12.7. The average Bonchev–Trinajstić information content (AvgIpc) is 2.86. The Morgan fingerprint density at radius 3 is 2.50 bits per heavy atom. The number of nitrogens with one attached hydrogen (secondary N) is 1. The highest BCUT2D eigenvalue weighted by molar-refractivity contribution is 6.00. The van der Waals surface area contributed by atoms with Crippen LogP contribution in [0.15, 0.2) is 47.6 Å². The van der Waals surface area contributed by atoms with Gasteiger partial charge in [0.25, 0.3) is 5.91 Å². The van der Waals surface area contributed by atoms with Crippen molar-refractivity contribution in [3.63, 3.8) is 0 Å². The molecule has 2 aromatic rings. The zero-order valence-corrected chi connectivity index (χ0v) is 20.7. The molecule has 36 heavy (non-hydrogen) atoms. The lowest BCUT2D eigenvalue weighted by atomic mass is 10.0. The van der Waals surface area contributed by atoms with Crippen LogP contribution >= 0.6 is 0 Å². The number of carbonyl (C=O) groups is 1. The summed E-state index contributed by atoms with van der Waals surface area (Å²) < 4.78 is 49.2. The predicted octanol–water partition coefficient (Wildman–Crippen LogP) is 5.66. The zero-order valence-electron chi connectivity index (χ0n) is 20.7. The molecule has 2 aromatic carbocycles. The van der Waals surface area contributed by atoms with Gasteiger partial charge in [0.05, 0.1) is 11.3 Å². The molecule has 1 aliphatic heterocycles. The van der Waals surface area contributed by atoms with Crippen molar-refractivity contribution >= 4 is 11.6 Å². The first-order valence-electron chi connectivity index (χ1n) is 12.2. The van der Waals surface area contributed by atoms with E-state index in [2.05, 4.69) is 10.5 Å². The Morgan fingerprint density at radius 2 is 1.86 bits per heavy atom. The molecule has 1 fully saturated rings. The standard InChI is InChI=1S/C27H33F3N2O4/c1-3-4-24(32-36-17-21-5-8-23(9-6-21)27(28,29)30)22-7-10-25(19(2)15-22)35-18-26(33)31-16-20-11-13-34-14-12-20/h5-10,15,20H,3-4,11-14,16-18H2,1-2H3,(H,31,33)/b32-24+. The van der Waals surface area contributed by atoms with Gasteiger partial charge in [-0.3, -0.25) is 4.79 Å². The molecule has 1 heterocycles. The summed E-state index contributed by atoms with van der Waals surface area (Å²) in [6.45, 7) is 6.04. The summed E-state index contributed by atoms with van der Waals surface area (Å²) in [5.74, 6) is 0.901. The number of oxime groups is 1. The molecule has 0 radical (unpaired) electrons. The SMILES string of the molecule is CCC/C(=N\OCc1ccc(C(F)(F)F)cc1)c1ccc(OCC(=O)NCC2CCOCC2)c(C)c1. The maximum Gasteiger partial charge on any atom is 0.416 e. The van der Waals surface area contributed by atoms with Crippen LogP contribution in [-0.4, -0.2) is 38.0 Å². The molecule has 0 unspecified atom stereocenters. The van der Waals surface area contributed by atoms with Gasteiger partial charge in [0.1, 0.15) is 12.4 Å². The number of aryl methyl sites for hydroxylation is 1. The van der Waals surface area contributed by atoms with Gasteiger partial charge in [-0.15, -0.1) is 0 Å². The number of nitrogens with zero attached hydrogens (tertiary/aromatic N) is 1. The minimum absolute atomic E-state index is 0.0600. The second-order valence-corrected chi connectivity index (χ2v) is 8.88. The van der Waals surface area contributed by atoms with Crippen molar-refractivity contribution in [1.82, 2.24) is 5.32 Å². The molecular formula is C27H33F3N2O4. The van der Waals surface area contributed by atoms with Gasteiger partial charge in [0.15, 0.2) is 6.61 Å². The number of ether oxygens (including phenoxy) is 2. The Hall–Kier alpha value is -3.07. The van der Waals surface area contributed by atoms with Gasteiger partial charge in [-0.25, -0.2) is 0 Å². The van der Waals surface area contributed by atoms with E-state index >= 15 is 0 Å². The Kier molecular flexibility index (Phi) is 10.2. The van der Waals surface area contributed by atoms with Crippen molar-refractivity contribution in [2.75, 3.05) is 26.4 Å². The van der Waals surface area contributed by atoms with Gasteiger partial charge in [-0.05, 0) is 79.1 Å². The van der Waals surface area contributed by atoms with Crippen LogP contribution in [0.4, 0.5) is 13.2 Å². The normalized spacial score (nSPS) is 15.0. The average molecular weight is 507 g/mol. The summed E-state index contributed by atoms with van der Waals surface area (Å²) >= 11 is 0. The molecule has 9 heteroatoms. The molecule has 1 saturated heterocycles. The third-order valence-electron chi connectivity index (χ3n) is 5.97. The fraction of sp³-hybridized carbons (Fsp3) is 0.481. The first-order chi connectivity index (χ1) is 17.3. The van der Waals surface area contributed by atoms with E-state index < -0.39 is 11.7 Å². The first-order valence-corrected chi connectivity index (χ1v) is 12.2. The van der Waals surface area contributed by atoms with Crippen molar-refractivity contribution in [3.05, 3.63) is 64.7 Å². The van der Waals surface area contributed by atoms with Crippen LogP contribution in [0, 0.1) is 12.8 Å². The van der Waals surface area contributed by atoms with Gasteiger partial charge in [0.2, 0.25) is 0 Å². The molecule has 0 aromatic heterocycles. The summed E-state index contributed by atoms with van der Waals surface area (Å²) in [4.78, 5) is 17.6. The number of carbonyl (C=O) groups excluding carboxylic acids is 1. The third-order valence-corrected chi connectivity index (χ3v) is 5.97. The minimum atomic E-state index is -4.37.